The first-order valence-electron chi connectivity index (χ1n) is 8.25. The first-order valence-corrected chi connectivity index (χ1v) is 8.25. The number of hydrogen-bond acceptors (Lipinski definition) is 3. The molecule has 7 heteroatoms. The molecule has 1 aromatic rings. The minimum atomic E-state index is -0.508. The summed E-state index contributed by atoms with van der Waals surface area (Å²) in [4.78, 5) is 37.5. The molecule has 0 aromatic heterocycles. The van der Waals surface area contributed by atoms with E-state index in [2.05, 4.69) is 10.6 Å². The third kappa shape index (κ3) is 4.47. The molecule has 0 radical (unpaired) electrons. The van der Waals surface area contributed by atoms with E-state index in [1.165, 1.54) is 4.90 Å². The second-order valence-electron chi connectivity index (χ2n) is 5.91. The molecule has 1 unspecified atom stereocenters. The van der Waals surface area contributed by atoms with Crippen molar-refractivity contribution in [1.29, 1.82) is 0 Å². The van der Waals surface area contributed by atoms with Crippen molar-refractivity contribution in [2.45, 2.75) is 26.2 Å². The van der Waals surface area contributed by atoms with Crippen LogP contribution in [0.25, 0.3) is 0 Å². The monoisotopic (exact) mass is 332 g/mol. The summed E-state index contributed by atoms with van der Waals surface area (Å²) in [5.41, 5.74) is 6.21. The molecular weight excluding hydrogens is 308 g/mol. The normalized spacial score (nSPS) is 17.2. The predicted molar refractivity (Wildman–Crippen MR) is 91.6 cm³/mol. The van der Waals surface area contributed by atoms with E-state index in [1.807, 2.05) is 6.92 Å². The van der Waals surface area contributed by atoms with Gasteiger partial charge < -0.3 is 21.3 Å². The van der Waals surface area contributed by atoms with Crippen molar-refractivity contribution in [3.63, 3.8) is 0 Å². The molecule has 4 N–H and O–H groups in total. The number of para-hydroxylation sites is 1. The summed E-state index contributed by atoms with van der Waals surface area (Å²) in [5.74, 6) is -0.732. The summed E-state index contributed by atoms with van der Waals surface area (Å²) in [5, 5.41) is 5.62. The number of anilines is 1. The Bertz CT molecular complexity index is 618. The van der Waals surface area contributed by atoms with E-state index in [4.69, 9.17) is 5.73 Å². The van der Waals surface area contributed by atoms with Gasteiger partial charge in [-0.2, -0.15) is 0 Å². The Morgan fingerprint density at radius 3 is 2.75 bits per heavy atom. The van der Waals surface area contributed by atoms with Crippen LogP contribution in [0.3, 0.4) is 0 Å². The van der Waals surface area contributed by atoms with Crippen LogP contribution >= 0.6 is 0 Å². The molecule has 1 heterocycles. The number of carbonyl (C=O) groups is 3. The second kappa shape index (κ2) is 8.33. The van der Waals surface area contributed by atoms with Gasteiger partial charge in [-0.15, -0.1) is 0 Å². The number of likely N-dealkylation sites (tertiary alicyclic amines) is 1. The number of primary amides is 1. The highest BCUT2D eigenvalue weighted by Gasteiger charge is 2.28. The van der Waals surface area contributed by atoms with E-state index in [9.17, 15) is 14.4 Å². The van der Waals surface area contributed by atoms with Crippen LogP contribution in [-0.2, 0) is 4.79 Å². The first-order chi connectivity index (χ1) is 11.5. The van der Waals surface area contributed by atoms with E-state index in [0.717, 1.165) is 12.8 Å². The van der Waals surface area contributed by atoms with Crippen molar-refractivity contribution >= 4 is 23.5 Å². The minimum Gasteiger partial charge on any atom is -0.352 e. The van der Waals surface area contributed by atoms with Gasteiger partial charge in [-0.3, -0.25) is 9.59 Å². The van der Waals surface area contributed by atoms with Gasteiger partial charge in [-0.25, -0.2) is 4.79 Å². The molecular formula is C17H24N4O3. The lowest BCUT2D eigenvalue weighted by Gasteiger charge is -2.30. The maximum atomic E-state index is 12.5. The number of piperidine rings is 1. The number of amides is 4. The molecule has 1 saturated heterocycles. The van der Waals surface area contributed by atoms with Crippen LogP contribution < -0.4 is 16.4 Å². The highest BCUT2D eigenvalue weighted by molar-refractivity contribution is 6.04. The fraction of sp³-hybridized carbons (Fsp3) is 0.471. The Morgan fingerprint density at radius 2 is 2.04 bits per heavy atom. The molecule has 1 atom stereocenters. The SMILES string of the molecule is CCCNC(=O)c1ccccc1NC(=O)C1CCCN(C(N)=O)C1. The Hall–Kier alpha value is -2.57. The molecule has 0 saturated carbocycles. The van der Waals surface area contributed by atoms with Gasteiger partial charge in [0.2, 0.25) is 5.91 Å². The summed E-state index contributed by atoms with van der Waals surface area (Å²) in [6.07, 6.45) is 2.27. The molecule has 1 fully saturated rings. The number of nitrogens with two attached hydrogens (primary N) is 1. The van der Waals surface area contributed by atoms with Crippen molar-refractivity contribution in [3.8, 4) is 0 Å². The molecule has 1 aromatic carbocycles. The van der Waals surface area contributed by atoms with Crippen LogP contribution in [0.5, 0.6) is 0 Å². The number of urea groups is 1. The van der Waals surface area contributed by atoms with Crippen molar-refractivity contribution < 1.29 is 14.4 Å². The molecule has 4 amide bonds. The van der Waals surface area contributed by atoms with E-state index in [-0.39, 0.29) is 17.7 Å². The van der Waals surface area contributed by atoms with Crippen LogP contribution in [0.4, 0.5) is 10.5 Å². The van der Waals surface area contributed by atoms with Gasteiger partial charge in [0.25, 0.3) is 5.91 Å². The zero-order valence-corrected chi connectivity index (χ0v) is 13.9. The fourth-order valence-corrected chi connectivity index (χ4v) is 2.75. The van der Waals surface area contributed by atoms with Gasteiger partial charge in [0.1, 0.15) is 0 Å². The quantitative estimate of drug-likeness (QED) is 0.762. The van der Waals surface area contributed by atoms with Crippen LogP contribution in [0.1, 0.15) is 36.5 Å². The number of nitrogens with one attached hydrogen (secondary N) is 2. The molecule has 130 valence electrons. The van der Waals surface area contributed by atoms with Gasteiger partial charge in [0.15, 0.2) is 0 Å². The molecule has 0 bridgehead atoms. The zero-order valence-electron chi connectivity index (χ0n) is 13.9. The Morgan fingerprint density at radius 1 is 1.29 bits per heavy atom. The van der Waals surface area contributed by atoms with E-state index in [1.54, 1.807) is 24.3 Å². The lowest BCUT2D eigenvalue weighted by Crippen LogP contribution is -2.46. The highest BCUT2D eigenvalue weighted by atomic mass is 16.2. The van der Waals surface area contributed by atoms with Crippen molar-refractivity contribution in [2.75, 3.05) is 25.0 Å². The maximum Gasteiger partial charge on any atom is 0.314 e. The largest absolute Gasteiger partial charge is 0.352 e. The maximum absolute atomic E-state index is 12.5. The minimum absolute atomic E-state index is 0.198. The molecule has 1 aliphatic rings. The van der Waals surface area contributed by atoms with Crippen molar-refractivity contribution in [2.24, 2.45) is 11.7 Å². The van der Waals surface area contributed by atoms with Gasteiger partial charge in [-0.05, 0) is 31.4 Å². The van der Waals surface area contributed by atoms with Crippen LogP contribution in [-0.4, -0.2) is 42.4 Å². The van der Waals surface area contributed by atoms with Crippen LogP contribution in [0, 0.1) is 5.92 Å². The van der Waals surface area contributed by atoms with Gasteiger partial charge in [-0.1, -0.05) is 19.1 Å². The molecule has 0 spiro atoms. The van der Waals surface area contributed by atoms with Gasteiger partial charge >= 0.3 is 6.03 Å². The van der Waals surface area contributed by atoms with E-state index < -0.39 is 6.03 Å². The van der Waals surface area contributed by atoms with Crippen molar-refractivity contribution in [1.82, 2.24) is 10.2 Å². The third-order valence-electron chi connectivity index (χ3n) is 4.07. The van der Waals surface area contributed by atoms with Crippen LogP contribution in [0.15, 0.2) is 24.3 Å². The average Bonchev–Trinajstić information content (AvgIpc) is 2.60. The Labute approximate surface area is 141 Å². The van der Waals surface area contributed by atoms with Gasteiger partial charge in [0.05, 0.1) is 17.2 Å². The summed E-state index contributed by atoms with van der Waals surface area (Å²) in [6.45, 7) is 3.44. The van der Waals surface area contributed by atoms with E-state index in [0.29, 0.717) is 37.3 Å². The first kappa shape index (κ1) is 17.8. The summed E-state index contributed by atoms with van der Waals surface area (Å²) >= 11 is 0. The molecule has 2 rings (SSSR count). The smallest absolute Gasteiger partial charge is 0.314 e. The molecule has 0 aliphatic carbocycles. The summed E-state index contributed by atoms with van der Waals surface area (Å²) < 4.78 is 0. The number of nitrogens with zero attached hydrogens (tertiary/aromatic N) is 1. The standard InChI is InChI=1S/C17H24N4O3/c1-2-9-19-16(23)13-7-3-4-8-14(13)20-15(22)12-6-5-10-21(11-12)17(18)24/h3-4,7-8,12H,2,5-6,9-11H2,1H3,(H2,18,24)(H,19,23)(H,20,22). The van der Waals surface area contributed by atoms with E-state index >= 15 is 0 Å². The second-order valence-corrected chi connectivity index (χ2v) is 5.91. The Kier molecular flexibility index (Phi) is 6.17. The number of benzene rings is 1. The fourth-order valence-electron chi connectivity index (χ4n) is 2.75. The highest BCUT2D eigenvalue weighted by Crippen LogP contribution is 2.20. The van der Waals surface area contributed by atoms with Gasteiger partial charge in [0, 0.05) is 19.6 Å². The lowest BCUT2D eigenvalue weighted by atomic mass is 9.97. The average molecular weight is 332 g/mol. The van der Waals surface area contributed by atoms with Crippen molar-refractivity contribution in [3.05, 3.63) is 29.8 Å². The topological polar surface area (TPSA) is 105 Å². The summed E-state index contributed by atoms with van der Waals surface area (Å²) in [6, 6.07) is 6.39. The molecule has 24 heavy (non-hydrogen) atoms. The number of hydrogen-bond donors (Lipinski definition) is 3. The van der Waals surface area contributed by atoms with Crippen LogP contribution in [0.2, 0.25) is 0 Å². The number of carbonyl (C=O) groups excluding carboxylic acids is 3. The predicted octanol–water partition coefficient (Wildman–Crippen LogP) is 1.56. The molecule has 1 aliphatic heterocycles. The molecule has 7 nitrogen and oxygen atoms in total. The summed E-state index contributed by atoms with van der Waals surface area (Å²) in [7, 11) is 0. The lowest BCUT2D eigenvalue weighted by molar-refractivity contribution is -0.121. The number of rotatable bonds is 5. The Balaban J connectivity index is 2.06. The third-order valence-corrected chi connectivity index (χ3v) is 4.07. The zero-order chi connectivity index (χ0) is 17.5.